The van der Waals surface area contributed by atoms with Crippen molar-refractivity contribution in [3.63, 3.8) is 0 Å². The van der Waals surface area contributed by atoms with E-state index in [1.807, 2.05) is 0 Å². The fourth-order valence-corrected chi connectivity index (χ4v) is 1.60. The lowest BCUT2D eigenvalue weighted by molar-refractivity contribution is -0.127. The number of unbranched alkanes of at least 4 members (excludes halogenated alkanes) is 1. The number of nitrogens with one attached hydrogen (secondary N) is 1. The zero-order valence-electron chi connectivity index (χ0n) is 10.5. The summed E-state index contributed by atoms with van der Waals surface area (Å²) in [6.07, 6.45) is 1.25. The molecule has 0 aliphatic carbocycles. The van der Waals surface area contributed by atoms with Crippen molar-refractivity contribution in [2.75, 3.05) is 13.1 Å². The van der Waals surface area contributed by atoms with Crippen LogP contribution in [-0.4, -0.2) is 25.1 Å². The Morgan fingerprint density at radius 1 is 1.50 bits per heavy atom. The highest BCUT2D eigenvalue weighted by Gasteiger charge is 2.13. The first-order valence-electron chi connectivity index (χ1n) is 6.03. The van der Waals surface area contributed by atoms with Crippen LogP contribution in [0.4, 0.5) is 0 Å². The Hall–Kier alpha value is -1.26. The molecule has 1 aromatic carbocycles. The Labute approximate surface area is 112 Å². The second kappa shape index (κ2) is 7.95. The normalized spacial score (nSPS) is 11.9. The van der Waals surface area contributed by atoms with Crippen LogP contribution in [0.5, 0.6) is 5.75 Å². The summed E-state index contributed by atoms with van der Waals surface area (Å²) in [5.41, 5.74) is 5.37. The molecule has 1 atom stereocenters. The molecule has 1 aromatic rings. The van der Waals surface area contributed by atoms with E-state index in [1.54, 1.807) is 31.2 Å². The summed E-state index contributed by atoms with van der Waals surface area (Å²) in [6.45, 7) is 2.98. The van der Waals surface area contributed by atoms with Crippen LogP contribution in [0.25, 0.3) is 0 Å². The molecular formula is C13H19ClN2O2. The van der Waals surface area contributed by atoms with Crippen molar-refractivity contribution in [2.24, 2.45) is 5.73 Å². The Morgan fingerprint density at radius 2 is 2.28 bits per heavy atom. The molecule has 0 saturated carbocycles. The molecule has 4 nitrogen and oxygen atoms in total. The van der Waals surface area contributed by atoms with Crippen LogP contribution >= 0.6 is 11.6 Å². The lowest BCUT2D eigenvalue weighted by atomic mass is 10.3. The second-order valence-electron chi connectivity index (χ2n) is 4.00. The van der Waals surface area contributed by atoms with Crippen molar-refractivity contribution in [1.82, 2.24) is 5.32 Å². The molecule has 5 heteroatoms. The minimum atomic E-state index is -0.540. The maximum absolute atomic E-state index is 11.7. The van der Waals surface area contributed by atoms with Gasteiger partial charge in [0.25, 0.3) is 5.91 Å². The summed E-state index contributed by atoms with van der Waals surface area (Å²) in [5, 5.41) is 3.39. The van der Waals surface area contributed by atoms with E-state index < -0.39 is 6.10 Å². The molecule has 0 aliphatic rings. The van der Waals surface area contributed by atoms with E-state index in [4.69, 9.17) is 22.1 Å². The molecular weight excluding hydrogens is 252 g/mol. The predicted octanol–water partition coefficient (Wildman–Crippen LogP) is 1.96. The second-order valence-corrected chi connectivity index (χ2v) is 4.44. The van der Waals surface area contributed by atoms with Crippen LogP contribution < -0.4 is 15.8 Å². The van der Waals surface area contributed by atoms with Gasteiger partial charge in [0.15, 0.2) is 6.10 Å². The summed E-state index contributed by atoms with van der Waals surface area (Å²) in [5.74, 6) is 0.458. The first-order valence-corrected chi connectivity index (χ1v) is 6.41. The number of ether oxygens (including phenoxy) is 1. The molecule has 0 aliphatic heterocycles. The number of benzene rings is 1. The number of hydrogen-bond donors (Lipinski definition) is 2. The number of hydrogen-bond acceptors (Lipinski definition) is 3. The standard InChI is InChI=1S/C13H19ClN2O2/c1-10(13(17)16-8-3-2-7-15)18-12-6-4-5-11(14)9-12/h4-6,9-10H,2-3,7-8,15H2,1H3,(H,16,17). The molecule has 3 N–H and O–H groups in total. The predicted molar refractivity (Wildman–Crippen MR) is 72.8 cm³/mol. The SMILES string of the molecule is CC(Oc1cccc(Cl)c1)C(=O)NCCCCN. The summed E-state index contributed by atoms with van der Waals surface area (Å²) in [6, 6.07) is 6.99. The summed E-state index contributed by atoms with van der Waals surface area (Å²) >= 11 is 5.83. The minimum absolute atomic E-state index is 0.132. The molecule has 1 amide bonds. The van der Waals surface area contributed by atoms with Crippen LogP contribution in [-0.2, 0) is 4.79 Å². The van der Waals surface area contributed by atoms with Crippen LogP contribution in [0, 0.1) is 0 Å². The molecule has 0 spiro atoms. The zero-order valence-corrected chi connectivity index (χ0v) is 11.2. The number of carbonyl (C=O) groups excluding carboxylic acids is 1. The molecule has 0 heterocycles. The number of rotatable bonds is 7. The van der Waals surface area contributed by atoms with E-state index in [-0.39, 0.29) is 5.91 Å². The van der Waals surface area contributed by atoms with Crippen molar-refractivity contribution in [3.05, 3.63) is 29.3 Å². The van der Waals surface area contributed by atoms with E-state index in [1.165, 1.54) is 0 Å². The summed E-state index contributed by atoms with van der Waals surface area (Å²) in [7, 11) is 0. The van der Waals surface area contributed by atoms with E-state index in [2.05, 4.69) is 5.32 Å². The lowest BCUT2D eigenvalue weighted by Crippen LogP contribution is -2.36. The van der Waals surface area contributed by atoms with E-state index >= 15 is 0 Å². The fourth-order valence-electron chi connectivity index (χ4n) is 1.42. The van der Waals surface area contributed by atoms with Gasteiger partial charge in [-0.2, -0.15) is 0 Å². The molecule has 0 aromatic heterocycles. The summed E-state index contributed by atoms with van der Waals surface area (Å²) < 4.78 is 5.49. The van der Waals surface area contributed by atoms with Crippen molar-refractivity contribution in [3.8, 4) is 5.75 Å². The van der Waals surface area contributed by atoms with Crippen LogP contribution in [0.2, 0.25) is 5.02 Å². The Morgan fingerprint density at radius 3 is 2.94 bits per heavy atom. The largest absolute Gasteiger partial charge is 0.481 e. The van der Waals surface area contributed by atoms with Gasteiger partial charge in [-0.15, -0.1) is 0 Å². The van der Waals surface area contributed by atoms with Crippen LogP contribution in [0.3, 0.4) is 0 Å². The van der Waals surface area contributed by atoms with Crippen LogP contribution in [0.15, 0.2) is 24.3 Å². The van der Waals surface area contributed by atoms with Gasteiger partial charge in [0, 0.05) is 11.6 Å². The average Bonchev–Trinajstić information content (AvgIpc) is 2.34. The number of carbonyl (C=O) groups is 1. The van der Waals surface area contributed by atoms with Crippen molar-refractivity contribution in [1.29, 1.82) is 0 Å². The van der Waals surface area contributed by atoms with Gasteiger partial charge in [-0.3, -0.25) is 4.79 Å². The van der Waals surface area contributed by atoms with Crippen molar-refractivity contribution >= 4 is 17.5 Å². The third-order valence-electron chi connectivity index (χ3n) is 2.41. The number of nitrogens with two attached hydrogens (primary N) is 1. The molecule has 1 rings (SSSR count). The van der Waals surface area contributed by atoms with Crippen LogP contribution in [0.1, 0.15) is 19.8 Å². The summed E-state index contributed by atoms with van der Waals surface area (Å²) in [4.78, 5) is 11.7. The van der Waals surface area contributed by atoms with Gasteiger partial charge in [-0.05, 0) is 44.5 Å². The molecule has 0 radical (unpaired) electrons. The van der Waals surface area contributed by atoms with E-state index in [0.29, 0.717) is 23.9 Å². The molecule has 0 saturated heterocycles. The smallest absolute Gasteiger partial charge is 0.260 e. The first-order chi connectivity index (χ1) is 8.63. The number of halogens is 1. The fraction of sp³-hybridized carbons (Fsp3) is 0.462. The maximum atomic E-state index is 11.7. The average molecular weight is 271 g/mol. The van der Waals surface area contributed by atoms with Crippen molar-refractivity contribution < 1.29 is 9.53 Å². The molecule has 1 unspecified atom stereocenters. The van der Waals surface area contributed by atoms with Gasteiger partial charge in [0.2, 0.25) is 0 Å². The molecule has 18 heavy (non-hydrogen) atoms. The number of amides is 1. The highest BCUT2D eigenvalue weighted by molar-refractivity contribution is 6.30. The Kier molecular flexibility index (Phi) is 6.54. The molecule has 100 valence electrons. The van der Waals surface area contributed by atoms with E-state index in [9.17, 15) is 4.79 Å². The molecule has 0 fully saturated rings. The third-order valence-corrected chi connectivity index (χ3v) is 2.64. The van der Waals surface area contributed by atoms with Gasteiger partial charge >= 0.3 is 0 Å². The third kappa shape index (κ3) is 5.38. The zero-order chi connectivity index (χ0) is 13.4. The van der Waals surface area contributed by atoms with Gasteiger partial charge in [-0.1, -0.05) is 17.7 Å². The monoisotopic (exact) mass is 270 g/mol. The van der Waals surface area contributed by atoms with Gasteiger partial charge in [-0.25, -0.2) is 0 Å². The first kappa shape index (κ1) is 14.8. The van der Waals surface area contributed by atoms with Gasteiger partial charge < -0.3 is 15.8 Å². The minimum Gasteiger partial charge on any atom is -0.481 e. The van der Waals surface area contributed by atoms with Gasteiger partial charge in [0.05, 0.1) is 0 Å². The Bertz CT molecular complexity index is 385. The van der Waals surface area contributed by atoms with Gasteiger partial charge in [0.1, 0.15) is 5.75 Å². The lowest BCUT2D eigenvalue weighted by Gasteiger charge is -2.14. The highest BCUT2D eigenvalue weighted by atomic mass is 35.5. The Balaban J connectivity index is 2.35. The quantitative estimate of drug-likeness (QED) is 0.745. The van der Waals surface area contributed by atoms with E-state index in [0.717, 1.165) is 12.8 Å². The maximum Gasteiger partial charge on any atom is 0.260 e. The van der Waals surface area contributed by atoms with Crippen molar-refractivity contribution in [2.45, 2.75) is 25.9 Å². The topological polar surface area (TPSA) is 64.3 Å². The highest BCUT2D eigenvalue weighted by Crippen LogP contribution is 2.18. The molecule has 0 bridgehead atoms.